The Kier molecular flexibility index (Phi) is 6.55. The van der Waals surface area contributed by atoms with Crippen LogP contribution in [-0.4, -0.2) is 47.8 Å². The first-order valence-electron chi connectivity index (χ1n) is 9.81. The van der Waals surface area contributed by atoms with Crippen molar-refractivity contribution in [3.63, 3.8) is 0 Å². The molecule has 0 spiro atoms. The predicted octanol–water partition coefficient (Wildman–Crippen LogP) is 5.28. The van der Waals surface area contributed by atoms with Gasteiger partial charge in [0.2, 0.25) is 0 Å². The smallest absolute Gasteiger partial charge is 0.253 e. The quantitative estimate of drug-likeness (QED) is 0.647. The van der Waals surface area contributed by atoms with Gasteiger partial charge in [-0.25, -0.2) is 0 Å². The third kappa shape index (κ3) is 5.12. The second kappa shape index (κ2) is 8.76. The second-order valence-electron chi connectivity index (χ2n) is 8.39. The first kappa shape index (κ1) is 21.7. The molecule has 3 rings (SSSR count). The van der Waals surface area contributed by atoms with Gasteiger partial charge >= 0.3 is 0 Å². The predicted molar refractivity (Wildman–Crippen MR) is 118 cm³/mol. The summed E-state index contributed by atoms with van der Waals surface area (Å²) in [5.74, 6) is -0.0818. The van der Waals surface area contributed by atoms with Crippen molar-refractivity contribution < 1.29 is 9.59 Å². The zero-order valence-corrected chi connectivity index (χ0v) is 18.6. The fraction of sp³-hybridized carbons (Fsp3) is 0.391. The molecule has 1 fully saturated rings. The molecular formula is C23H26Cl2N2O2. The van der Waals surface area contributed by atoms with Crippen LogP contribution in [0.25, 0.3) is 0 Å². The van der Waals surface area contributed by atoms with Crippen LogP contribution in [0.3, 0.4) is 0 Å². The van der Waals surface area contributed by atoms with Crippen molar-refractivity contribution >= 4 is 35.0 Å². The summed E-state index contributed by atoms with van der Waals surface area (Å²) in [6.07, 6.45) is 0.735. The molecule has 0 bridgehead atoms. The minimum Gasteiger partial charge on any atom is -0.337 e. The van der Waals surface area contributed by atoms with Gasteiger partial charge in [-0.3, -0.25) is 9.59 Å². The molecule has 1 aliphatic heterocycles. The SMILES string of the molecule is CC(C)(C)c1ccc(C(=O)N2CCCN(C(=O)c3ccc(Cl)c(Cl)c3)CC2)cc1. The van der Waals surface area contributed by atoms with Gasteiger partial charge in [-0.15, -0.1) is 0 Å². The van der Waals surface area contributed by atoms with Crippen LogP contribution in [-0.2, 0) is 5.41 Å². The molecule has 2 amide bonds. The van der Waals surface area contributed by atoms with Crippen molar-refractivity contribution in [2.45, 2.75) is 32.6 Å². The van der Waals surface area contributed by atoms with Crippen molar-refractivity contribution in [2.75, 3.05) is 26.2 Å². The van der Waals surface area contributed by atoms with Crippen LogP contribution in [0.15, 0.2) is 42.5 Å². The number of amides is 2. The summed E-state index contributed by atoms with van der Waals surface area (Å²) in [6, 6.07) is 12.7. The molecule has 0 N–H and O–H groups in total. The number of carbonyl (C=O) groups excluding carboxylic acids is 2. The van der Waals surface area contributed by atoms with E-state index in [1.165, 1.54) is 5.56 Å². The molecule has 2 aromatic carbocycles. The van der Waals surface area contributed by atoms with Gasteiger partial charge in [0, 0.05) is 37.3 Å². The van der Waals surface area contributed by atoms with Crippen molar-refractivity contribution in [3.8, 4) is 0 Å². The molecule has 0 saturated carbocycles. The fourth-order valence-corrected chi connectivity index (χ4v) is 3.73. The summed E-state index contributed by atoms with van der Waals surface area (Å²) in [5, 5.41) is 0.788. The maximum Gasteiger partial charge on any atom is 0.253 e. The molecule has 1 aliphatic rings. The molecule has 29 heavy (non-hydrogen) atoms. The Hall–Kier alpha value is -2.04. The molecule has 1 heterocycles. The first-order valence-corrected chi connectivity index (χ1v) is 10.6. The van der Waals surface area contributed by atoms with Gasteiger partial charge in [0.25, 0.3) is 11.8 Å². The molecule has 6 heteroatoms. The highest BCUT2D eigenvalue weighted by Gasteiger charge is 2.24. The third-order valence-corrected chi connectivity index (χ3v) is 5.97. The van der Waals surface area contributed by atoms with Gasteiger partial charge in [-0.1, -0.05) is 56.1 Å². The van der Waals surface area contributed by atoms with E-state index in [1.807, 2.05) is 29.2 Å². The van der Waals surface area contributed by atoms with E-state index in [9.17, 15) is 9.59 Å². The van der Waals surface area contributed by atoms with E-state index in [1.54, 1.807) is 23.1 Å². The lowest BCUT2D eigenvalue weighted by Gasteiger charge is -2.23. The van der Waals surface area contributed by atoms with E-state index < -0.39 is 0 Å². The monoisotopic (exact) mass is 432 g/mol. The number of rotatable bonds is 2. The number of carbonyl (C=O) groups is 2. The summed E-state index contributed by atoms with van der Waals surface area (Å²) in [7, 11) is 0. The lowest BCUT2D eigenvalue weighted by molar-refractivity contribution is 0.0718. The normalized spacial score (nSPS) is 15.2. The van der Waals surface area contributed by atoms with Crippen LogP contribution >= 0.6 is 23.2 Å². The molecule has 0 radical (unpaired) electrons. The molecule has 0 atom stereocenters. The lowest BCUT2D eigenvalue weighted by Crippen LogP contribution is -2.37. The Morgan fingerprint density at radius 2 is 1.28 bits per heavy atom. The Labute approximate surface area is 182 Å². The highest BCUT2D eigenvalue weighted by molar-refractivity contribution is 6.42. The summed E-state index contributed by atoms with van der Waals surface area (Å²) in [5.41, 5.74) is 2.44. The van der Waals surface area contributed by atoms with Crippen molar-refractivity contribution in [3.05, 3.63) is 69.2 Å². The Balaban J connectivity index is 1.66. The average molecular weight is 433 g/mol. The first-order chi connectivity index (χ1) is 13.7. The van der Waals surface area contributed by atoms with E-state index in [-0.39, 0.29) is 17.2 Å². The zero-order valence-electron chi connectivity index (χ0n) is 17.0. The van der Waals surface area contributed by atoms with Crippen LogP contribution in [0.2, 0.25) is 10.0 Å². The Bertz CT molecular complexity index is 904. The molecule has 1 saturated heterocycles. The third-order valence-electron chi connectivity index (χ3n) is 5.23. The standard InChI is InChI=1S/C23H26Cl2N2O2/c1-23(2,3)18-8-5-16(6-9-18)21(28)26-11-4-12-27(14-13-26)22(29)17-7-10-19(24)20(25)15-17/h5-10,15H,4,11-14H2,1-3H3. The van der Waals surface area contributed by atoms with Crippen LogP contribution in [0.5, 0.6) is 0 Å². The average Bonchev–Trinajstić information content (AvgIpc) is 2.94. The van der Waals surface area contributed by atoms with Gasteiger partial charge in [0.15, 0.2) is 0 Å². The summed E-state index contributed by atoms with van der Waals surface area (Å²) in [4.78, 5) is 29.3. The minimum absolute atomic E-state index is 0.00861. The van der Waals surface area contributed by atoms with Crippen molar-refractivity contribution in [2.24, 2.45) is 0 Å². The summed E-state index contributed by atoms with van der Waals surface area (Å²) >= 11 is 12.0. The molecule has 4 nitrogen and oxygen atoms in total. The molecule has 154 valence electrons. The number of halogens is 2. The van der Waals surface area contributed by atoms with E-state index in [0.29, 0.717) is 47.4 Å². The number of hydrogen-bond acceptors (Lipinski definition) is 2. The van der Waals surface area contributed by atoms with Gasteiger partial charge in [0.1, 0.15) is 0 Å². The maximum atomic E-state index is 12.9. The van der Waals surface area contributed by atoms with E-state index >= 15 is 0 Å². The molecule has 0 aromatic heterocycles. The minimum atomic E-state index is -0.0904. The van der Waals surface area contributed by atoms with Crippen molar-refractivity contribution in [1.29, 1.82) is 0 Å². The van der Waals surface area contributed by atoms with Crippen LogP contribution < -0.4 is 0 Å². The van der Waals surface area contributed by atoms with E-state index in [2.05, 4.69) is 20.8 Å². The van der Waals surface area contributed by atoms with Crippen LogP contribution in [0.4, 0.5) is 0 Å². The number of nitrogens with zero attached hydrogens (tertiary/aromatic N) is 2. The second-order valence-corrected chi connectivity index (χ2v) is 9.21. The van der Waals surface area contributed by atoms with E-state index in [4.69, 9.17) is 23.2 Å². The molecular weight excluding hydrogens is 407 g/mol. The lowest BCUT2D eigenvalue weighted by atomic mass is 9.86. The topological polar surface area (TPSA) is 40.6 Å². The zero-order chi connectivity index (χ0) is 21.2. The number of hydrogen-bond donors (Lipinski definition) is 0. The van der Waals surface area contributed by atoms with Crippen LogP contribution in [0.1, 0.15) is 53.5 Å². The maximum absolute atomic E-state index is 12.9. The van der Waals surface area contributed by atoms with Gasteiger partial charge in [0.05, 0.1) is 10.0 Å². The molecule has 0 unspecified atom stereocenters. The Morgan fingerprint density at radius 1 is 0.759 bits per heavy atom. The largest absolute Gasteiger partial charge is 0.337 e. The van der Waals surface area contributed by atoms with Crippen LogP contribution in [0, 0.1) is 0 Å². The summed E-state index contributed by atoms with van der Waals surface area (Å²) in [6.45, 7) is 8.68. The van der Waals surface area contributed by atoms with Gasteiger partial charge in [-0.2, -0.15) is 0 Å². The number of benzene rings is 2. The van der Waals surface area contributed by atoms with E-state index in [0.717, 1.165) is 6.42 Å². The highest BCUT2D eigenvalue weighted by atomic mass is 35.5. The molecule has 0 aliphatic carbocycles. The summed E-state index contributed by atoms with van der Waals surface area (Å²) < 4.78 is 0. The molecule has 2 aromatic rings. The fourth-order valence-electron chi connectivity index (χ4n) is 3.43. The van der Waals surface area contributed by atoms with Gasteiger partial charge in [-0.05, 0) is 47.7 Å². The van der Waals surface area contributed by atoms with Gasteiger partial charge < -0.3 is 9.80 Å². The Morgan fingerprint density at radius 3 is 1.79 bits per heavy atom. The highest BCUT2D eigenvalue weighted by Crippen LogP contribution is 2.24. The van der Waals surface area contributed by atoms with Crippen molar-refractivity contribution in [1.82, 2.24) is 9.80 Å².